The second kappa shape index (κ2) is 5.32. The summed E-state index contributed by atoms with van der Waals surface area (Å²) in [5.41, 5.74) is -0.263. The minimum Gasteiger partial charge on any atom is -0.319 e. The van der Waals surface area contributed by atoms with Crippen LogP contribution in [0.3, 0.4) is 0 Å². The summed E-state index contributed by atoms with van der Waals surface area (Å²) in [7, 11) is 0. The van der Waals surface area contributed by atoms with Gasteiger partial charge in [0.25, 0.3) is 5.91 Å². The van der Waals surface area contributed by atoms with Crippen LogP contribution in [0.1, 0.15) is 10.4 Å². The zero-order valence-electron chi connectivity index (χ0n) is 9.38. The Morgan fingerprint density at radius 1 is 1.05 bits per heavy atom. The predicted molar refractivity (Wildman–Crippen MR) is 65.7 cm³/mol. The molecule has 0 radical (unpaired) electrons. The van der Waals surface area contributed by atoms with E-state index in [1.54, 1.807) is 12.1 Å². The maximum Gasteiger partial charge on any atom is 0.255 e. The molecule has 0 spiro atoms. The third-order valence-corrected chi connectivity index (χ3v) is 2.61. The number of benzene rings is 2. The van der Waals surface area contributed by atoms with Gasteiger partial charge in [0, 0.05) is 10.6 Å². The van der Waals surface area contributed by atoms with Crippen LogP contribution in [0.4, 0.5) is 18.9 Å². The van der Waals surface area contributed by atoms with Gasteiger partial charge < -0.3 is 5.32 Å². The first-order valence-electron chi connectivity index (χ1n) is 5.19. The number of halogens is 4. The Balaban J connectivity index is 2.27. The SMILES string of the molecule is O=C(Nc1ccc(F)c(F)c1F)c1cccc(Cl)c1. The fourth-order valence-corrected chi connectivity index (χ4v) is 1.64. The number of anilines is 1. The zero-order chi connectivity index (χ0) is 14.0. The van der Waals surface area contributed by atoms with E-state index < -0.39 is 29.0 Å². The van der Waals surface area contributed by atoms with Gasteiger partial charge in [-0.1, -0.05) is 17.7 Å². The number of carbonyl (C=O) groups is 1. The minimum atomic E-state index is -1.64. The van der Waals surface area contributed by atoms with Crippen LogP contribution in [-0.2, 0) is 0 Å². The van der Waals surface area contributed by atoms with Crippen LogP contribution in [0.15, 0.2) is 36.4 Å². The lowest BCUT2D eigenvalue weighted by Crippen LogP contribution is -2.13. The van der Waals surface area contributed by atoms with Crippen LogP contribution in [0.5, 0.6) is 0 Å². The van der Waals surface area contributed by atoms with E-state index in [1.807, 2.05) is 0 Å². The molecule has 19 heavy (non-hydrogen) atoms. The van der Waals surface area contributed by atoms with Crippen molar-refractivity contribution in [3.05, 3.63) is 64.4 Å². The highest BCUT2D eigenvalue weighted by Crippen LogP contribution is 2.20. The molecule has 0 atom stereocenters. The van der Waals surface area contributed by atoms with E-state index in [4.69, 9.17) is 11.6 Å². The predicted octanol–water partition coefficient (Wildman–Crippen LogP) is 4.01. The standard InChI is InChI=1S/C13H7ClF3NO/c14-8-3-1-2-7(6-8)13(19)18-10-5-4-9(15)11(16)12(10)17/h1-6H,(H,18,19). The molecule has 1 N–H and O–H groups in total. The van der Waals surface area contributed by atoms with Crippen molar-refractivity contribution in [2.24, 2.45) is 0 Å². The minimum absolute atomic E-state index is 0.177. The summed E-state index contributed by atoms with van der Waals surface area (Å²) in [6.07, 6.45) is 0. The summed E-state index contributed by atoms with van der Waals surface area (Å²) < 4.78 is 39.1. The topological polar surface area (TPSA) is 29.1 Å². The molecular weight excluding hydrogens is 279 g/mol. The largest absolute Gasteiger partial charge is 0.319 e. The summed E-state index contributed by atoms with van der Waals surface area (Å²) in [6.45, 7) is 0. The van der Waals surface area contributed by atoms with Crippen molar-refractivity contribution in [3.8, 4) is 0 Å². The monoisotopic (exact) mass is 285 g/mol. The summed E-state index contributed by atoms with van der Waals surface area (Å²) in [5, 5.41) is 2.47. The molecule has 98 valence electrons. The van der Waals surface area contributed by atoms with Gasteiger partial charge in [-0.25, -0.2) is 13.2 Å². The van der Waals surface area contributed by atoms with Gasteiger partial charge in [-0.2, -0.15) is 0 Å². The molecular formula is C13H7ClF3NO. The lowest BCUT2D eigenvalue weighted by Gasteiger charge is -2.07. The van der Waals surface area contributed by atoms with E-state index in [1.165, 1.54) is 12.1 Å². The van der Waals surface area contributed by atoms with Crippen molar-refractivity contribution in [2.45, 2.75) is 0 Å². The van der Waals surface area contributed by atoms with Crippen LogP contribution < -0.4 is 5.32 Å². The number of nitrogens with one attached hydrogen (secondary N) is 1. The molecule has 0 heterocycles. The third-order valence-electron chi connectivity index (χ3n) is 2.37. The van der Waals surface area contributed by atoms with Crippen LogP contribution in [0.2, 0.25) is 5.02 Å². The second-order valence-electron chi connectivity index (χ2n) is 3.69. The Hall–Kier alpha value is -2.01. The number of rotatable bonds is 2. The Morgan fingerprint density at radius 2 is 1.79 bits per heavy atom. The van der Waals surface area contributed by atoms with Crippen molar-refractivity contribution in [3.63, 3.8) is 0 Å². The number of hydrogen-bond acceptors (Lipinski definition) is 1. The average molecular weight is 286 g/mol. The van der Waals surface area contributed by atoms with Gasteiger partial charge in [-0.15, -0.1) is 0 Å². The van der Waals surface area contributed by atoms with Crippen molar-refractivity contribution in [2.75, 3.05) is 5.32 Å². The molecule has 2 rings (SSSR count). The van der Waals surface area contributed by atoms with Crippen LogP contribution in [0.25, 0.3) is 0 Å². The van der Waals surface area contributed by atoms with Crippen LogP contribution in [-0.4, -0.2) is 5.91 Å². The molecule has 0 aliphatic heterocycles. The fraction of sp³-hybridized carbons (Fsp3) is 0. The summed E-state index contributed by atoms with van der Waals surface area (Å²) >= 11 is 5.71. The number of amides is 1. The highest BCUT2D eigenvalue weighted by Gasteiger charge is 2.15. The summed E-state index contributed by atoms with van der Waals surface area (Å²) in [6, 6.07) is 7.60. The normalized spacial score (nSPS) is 10.3. The maximum absolute atomic E-state index is 13.4. The van der Waals surface area contributed by atoms with Gasteiger partial charge in [0.15, 0.2) is 17.5 Å². The van der Waals surface area contributed by atoms with Gasteiger partial charge in [0.1, 0.15) is 0 Å². The Bertz CT molecular complexity index is 646. The molecule has 0 saturated heterocycles. The first-order valence-corrected chi connectivity index (χ1v) is 5.57. The molecule has 1 amide bonds. The van der Waals surface area contributed by atoms with Crippen molar-refractivity contribution in [1.82, 2.24) is 0 Å². The van der Waals surface area contributed by atoms with E-state index in [0.717, 1.165) is 12.1 Å². The van der Waals surface area contributed by atoms with E-state index in [9.17, 15) is 18.0 Å². The Labute approximate surface area is 111 Å². The van der Waals surface area contributed by atoms with Gasteiger partial charge in [-0.3, -0.25) is 4.79 Å². The zero-order valence-corrected chi connectivity index (χ0v) is 10.1. The maximum atomic E-state index is 13.4. The number of carbonyl (C=O) groups excluding carboxylic acids is 1. The van der Waals surface area contributed by atoms with E-state index >= 15 is 0 Å². The molecule has 2 aromatic carbocycles. The van der Waals surface area contributed by atoms with Gasteiger partial charge in [0.05, 0.1) is 5.69 Å². The highest BCUT2D eigenvalue weighted by atomic mass is 35.5. The van der Waals surface area contributed by atoms with Crippen molar-refractivity contribution < 1.29 is 18.0 Å². The molecule has 0 unspecified atom stereocenters. The molecule has 0 aromatic heterocycles. The lowest BCUT2D eigenvalue weighted by atomic mass is 10.2. The van der Waals surface area contributed by atoms with Crippen molar-refractivity contribution in [1.29, 1.82) is 0 Å². The highest BCUT2D eigenvalue weighted by molar-refractivity contribution is 6.31. The smallest absolute Gasteiger partial charge is 0.255 e. The molecule has 0 saturated carbocycles. The second-order valence-corrected chi connectivity index (χ2v) is 4.12. The Kier molecular flexibility index (Phi) is 3.76. The molecule has 0 aliphatic rings. The molecule has 2 nitrogen and oxygen atoms in total. The first-order chi connectivity index (χ1) is 8.99. The fourth-order valence-electron chi connectivity index (χ4n) is 1.45. The summed E-state index contributed by atoms with van der Waals surface area (Å²) in [4.78, 5) is 11.8. The lowest BCUT2D eigenvalue weighted by molar-refractivity contribution is 0.102. The van der Waals surface area contributed by atoms with Gasteiger partial charge >= 0.3 is 0 Å². The molecule has 0 bridgehead atoms. The molecule has 2 aromatic rings. The molecule has 0 aliphatic carbocycles. The van der Waals surface area contributed by atoms with E-state index in [-0.39, 0.29) is 5.56 Å². The first kappa shape index (κ1) is 13.4. The molecule has 0 fully saturated rings. The van der Waals surface area contributed by atoms with Crippen LogP contribution >= 0.6 is 11.6 Å². The Morgan fingerprint density at radius 3 is 2.47 bits per heavy atom. The van der Waals surface area contributed by atoms with Gasteiger partial charge in [-0.05, 0) is 30.3 Å². The quantitative estimate of drug-likeness (QED) is 0.830. The van der Waals surface area contributed by atoms with E-state index in [0.29, 0.717) is 5.02 Å². The van der Waals surface area contributed by atoms with Crippen molar-refractivity contribution >= 4 is 23.2 Å². The van der Waals surface area contributed by atoms with Gasteiger partial charge in [0.2, 0.25) is 0 Å². The van der Waals surface area contributed by atoms with E-state index in [2.05, 4.69) is 5.32 Å². The summed E-state index contributed by atoms with van der Waals surface area (Å²) in [5.74, 6) is -5.08. The number of hydrogen-bond donors (Lipinski definition) is 1. The molecule has 6 heteroatoms. The third kappa shape index (κ3) is 2.88. The average Bonchev–Trinajstić information content (AvgIpc) is 2.39. The van der Waals surface area contributed by atoms with Crippen LogP contribution in [0, 0.1) is 17.5 Å².